The van der Waals surface area contributed by atoms with E-state index in [0.29, 0.717) is 55.7 Å². The van der Waals surface area contributed by atoms with Gasteiger partial charge in [0.1, 0.15) is 17.3 Å². The lowest BCUT2D eigenvalue weighted by Crippen LogP contribution is -2.46. The molecule has 1 N–H and O–H groups in total. The van der Waals surface area contributed by atoms with Gasteiger partial charge in [-0.25, -0.2) is 9.97 Å². The van der Waals surface area contributed by atoms with Crippen molar-refractivity contribution in [2.75, 3.05) is 37.6 Å². The fourth-order valence-electron chi connectivity index (χ4n) is 2.95. The smallest absolute Gasteiger partial charge is 0.270 e. The van der Waals surface area contributed by atoms with Crippen molar-refractivity contribution in [1.82, 2.24) is 20.2 Å². The van der Waals surface area contributed by atoms with E-state index in [4.69, 9.17) is 11.6 Å². The Kier molecular flexibility index (Phi) is 6.24. The second-order valence-corrected chi connectivity index (χ2v) is 6.86. The Hall–Kier alpha value is -2.67. The number of aryl methyl sites for hydroxylation is 1. The molecular weight excluding hydrogens is 366 g/mol. The average molecular weight is 388 g/mol. The highest BCUT2D eigenvalue weighted by atomic mass is 35.5. The van der Waals surface area contributed by atoms with Gasteiger partial charge in [-0.3, -0.25) is 9.59 Å². The Balaban J connectivity index is 1.60. The second-order valence-electron chi connectivity index (χ2n) is 6.42. The van der Waals surface area contributed by atoms with Crippen LogP contribution in [0, 0.1) is 6.92 Å². The number of amides is 2. The van der Waals surface area contributed by atoms with Crippen LogP contribution < -0.4 is 10.2 Å². The number of anilines is 1. The van der Waals surface area contributed by atoms with Crippen molar-refractivity contribution >= 4 is 29.7 Å². The zero-order valence-corrected chi connectivity index (χ0v) is 15.9. The highest BCUT2D eigenvalue weighted by Gasteiger charge is 2.19. The van der Waals surface area contributed by atoms with Crippen LogP contribution in [0.5, 0.6) is 0 Å². The lowest BCUT2D eigenvalue weighted by atomic mass is 10.1. The monoisotopic (exact) mass is 387 g/mol. The Bertz CT molecular complexity index is 804. The Morgan fingerprint density at radius 2 is 1.89 bits per heavy atom. The molecule has 0 spiro atoms. The fraction of sp³-hybridized carbons (Fsp3) is 0.368. The van der Waals surface area contributed by atoms with E-state index < -0.39 is 0 Å². The van der Waals surface area contributed by atoms with Crippen LogP contribution in [0.3, 0.4) is 0 Å². The van der Waals surface area contributed by atoms with Crippen molar-refractivity contribution in [3.05, 3.63) is 52.4 Å². The molecule has 1 aromatic heterocycles. The summed E-state index contributed by atoms with van der Waals surface area (Å²) < 4.78 is 0. The molecule has 1 fully saturated rings. The number of nitrogens with one attached hydrogen (secondary N) is 1. The SMILES string of the molecule is Cc1nc(C(=O)NCCc2ccc(Cl)cc2)cc(N2CCN(C=O)CC2)n1. The average Bonchev–Trinajstić information content (AvgIpc) is 2.69. The van der Waals surface area contributed by atoms with Gasteiger partial charge < -0.3 is 15.1 Å². The molecule has 1 aromatic carbocycles. The maximum atomic E-state index is 12.5. The summed E-state index contributed by atoms with van der Waals surface area (Å²) in [7, 11) is 0. The van der Waals surface area contributed by atoms with Gasteiger partial charge in [-0.15, -0.1) is 0 Å². The number of hydrogen-bond donors (Lipinski definition) is 1. The summed E-state index contributed by atoms with van der Waals surface area (Å²) in [5, 5.41) is 3.60. The molecule has 1 aliphatic heterocycles. The van der Waals surface area contributed by atoms with Gasteiger partial charge in [-0.2, -0.15) is 0 Å². The first-order valence-corrected chi connectivity index (χ1v) is 9.25. The molecule has 2 heterocycles. The van der Waals surface area contributed by atoms with Crippen molar-refractivity contribution in [3.63, 3.8) is 0 Å². The van der Waals surface area contributed by atoms with Crippen molar-refractivity contribution in [3.8, 4) is 0 Å². The van der Waals surface area contributed by atoms with E-state index >= 15 is 0 Å². The Morgan fingerprint density at radius 1 is 1.19 bits per heavy atom. The molecule has 0 aliphatic carbocycles. The molecule has 2 aromatic rings. The van der Waals surface area contributed by atoms with Crippen LogP contribution in [0.2, 0.25) is 5.02 Å². The summed E-state index contributed by atoms with van der Waals surface area (Å²) in [6.07, 6.45) is 1.58. The molecule has 1 aliphatic rings. The summed E-state index contributed by atoms with van der Waals surface area (Å²) in [4.78, 5) is 35.8. The molecular formula is C19H22ClN5O2. The van der Waals surface area contributed by atoms with E-state index in [1.54, 1.807) is 17.9 Å². The van der Waals surface area contributed by atoms with E-state index in [-0.39, 0.29) is 5.91 Å². The summed E-state index contributed by atoms with van der Waals surface area (Å²) in [5.41, 5.74) is 1.46. The van der Waals surface area contributed by atoms with Gasteiger partial charge in [0.2, 0.25) is 6.41 Å². The lowest BCUT2D eigenvalue weighted by molar-refractivity contribution is -0.118. The highest BCUT2D eigenvalue weighted by Crippen LogP contribution is 2.15. The molecule has 0 unspecified atom stereocenters. The van der Waals surface area contributed by atoms with Crippen LogP contribution in [0.4, 0.5) is 5.82 Å². The molecule has 8 heteroatoms. The lowest BCUT2D eigenvalue weighted by Gasteiger charge is -2.33. The molecule has 2 amide bonds. The number of carbonyl (C=O) groups is 2. The standard InChI is InChI=1S/C19H22ClN5O2/c1-14-22-17(12-18(23-14)25-10-8-24(13-26)9-11-25)19(27)21-7-6-15-2-4-16(20)5-3-15/h2-5,12-13H,6-11H2,1H3,(H,21,27). The van der Waals surface area contributed by atoms with Crippen molar-refractivity contribution in [1.29, 1.82) is 0 Å². The van der Waals surface area contributed by atoms with Crippen LogP contribution in [0.1, 0.15) is 21.9 Å². The zero-order valence-electron chi connectivity index (χ0n) is 15.2. The van der Waals surface area contributed by atoms with Crippen LogP contribution in [-0.2, 0) is 11.2 Å². The van der Waals surface area contributed by atoms with E-state index in [1.807, 2.05) is 24.3 Å². The van der Waals surface area contributed by atoms with Crippen molar-refractivity contribution in [2.45, 2.75) is 13.3 Å². The van der Waals surface area contributed by atoms with E-state index in [0.717, 1.165) is 17.8 Å². The predicted molar refractivity (Wildman–Crippen MR) is 104 cm³/mol. The fourth-order valence-corrected chi connectivity index (χ4v) is 3.07. The van der Waals surface area contributed by atoms with Crippen LogP contribution in [-0.4, -0.2) is 59.9 Å². The summed E-state index contributed by atoms with van der Waals surface area (Å²) in [6, 6.07) is 9.27. The number of nitrogens with zero attached hydrogens (tertiary/aromatic N) is 4. The minimum absolute atomic E-state index is 0.220. The topological polar surface area (TPSA) is 78.4 Å². The third kappa shape index (κ3) is 5.17. The van der Waals surface area contributed by atoms with Crippen LogP contribution in [0.25, 0.3) is 0 Å². The summed E-state index contributed by atoms with van der Waals surface area (Å²) in [6.45, 7) is 4.95. The molecule has 0 radical (unpaired) electrons. The first kappa shape index (κ1) is 19.1. The van der Waals surface area contributed by atoms with E-state index in [2.05, 4.69) is 20.2 Å². The first-order chi connectivity index (χ1) is 13.0. The third-order valence-corrected chi connectivity index (χ3v) is 4.71. The molecule has 142 valence electrons. The summed E-state index contributed by atoms with van der Waals surface area (Å²) >= 11 is 5.88. The zero-order chi connectivity index (χ0) is 19.2. The van der Waals surface area contributed by atoms with E-state index in [9.17, 15) is 9.59 Å². The molecule has 1 saturated heterocycles. The minimum atomic E-state index is -0.220. The molecule has 0 atom stereocenters. The molecule has 7 nitrogen and oxygen atoms in total. The van der Waals surface area contributed by atoms with Crippen molar-refractivity contribution in [2.24, 2.45) is 0 Å². The minimum Gasteiger partial charge on any atom is -0.353 e. The highest BCUT2D eigenvalue weighted by molar-refractivity contribution is 6.30. The number of hydrogen-bond acceptors (Lipinski definition) is 5. The van der Waals surface area contributed by atoms with Gasteiger partial charge in [-0.1, -0.05) is 23.7 Å². The predicted octanol–water partition coefficient (Wildman–Crippen LogP) is 1.69. The second kappa shape index (κ2) is 8.81. The van der Waals surface area contributed by atoms with Gasteiger partial charge in [0.15, 0.2) is 0 Å². The van der Waals surface area contributed by atoms with Gasteiger partial charge in [0.05, 0.1) is 0 Å². The maximum Gasteiger partial charge on any atom is 0.270 e. The number of aromatic nitrogens is 2. The van der Waals surface area contributed by atoms with Crippen LogP contribution in [0.15, 0.2) is 30.3 Å². The maximum absolute atomic E-state index is 12.5. The number of carbonyl (C=O) groups excluding carboxylic acids is 2. The largest absolute Gasteiger partial charge is 0.353 e. The van der Waals surface area contributed by atoms with Gasteiger partial charge in [0.25, 0.3) is 5.91 Å². The van der Waals surface area contributed by atoms with Gasteiger partial charge in [0, 0.05) is 43.8 Å². The Morgan fingerprint density at radius 3 is 2.56 bits per heavy atom. The molecule has 3 rings (SSSR count). The number of benzene rings is 1. The normalized spacial score (nSPS) is 14.1. The molecule has 27 heavy (non-hydrogen) atoms. The first-order valence-electron chi connectivity index (χ1n) is 8.88. The van der Waals surface area contributed by atoms with E-state index in [1.165, 1.54) is 0 Å². The third-order valence-electron chi connectivity index (χ3n) is 4.46. The quantitative estimate of drug-likeness (QED) is 0.763. The molecule has 0 saturated carbocycles. The van der Waals surface area contributed by atoms with Crippen LogP contribution >= 0.6 is 11.6 Å². The molecule has 0 bridgehead atoms. The number of piperazine rings is 1. The Labute approximate surface area is 163 Å². The number of halogens is 1. The number of rotatable bonds is 6. The van der Waals surface area contributed by atoms with Gasteiger partial charge >= 0.3 is 0 Å². The van der Waals surface area contributed by atoms with Crippen molar-refractivity contribution < 1.29 is 9.59 Å². The summed E-state index contributed by atoms with van der Waals surface area (Å²) in [5.74, 6) is 1.05. The van der Waals surface area contributed by atoms with Gasteiger partial charge in [-0.05, 0) is 31.0 Å².